The monoisotopic (exact) mass is 302 g/mol. The minimum atomic E-state index is -0.529. The van der Waals surface area contributed by atoms with Gasteiger partial charge in [-0.25, -0.2) is 4.39 Å². The van der Waals surface area contributed by atoms with Crippen molar-refractivity contribution in [3.8, 4) is 5.75 Å². The number of ether oxygens (including phenoxy) is 1. The third-order valence-electron chi connectivity index (χ3n) is 3.09. The SMILES string of the molecule is CN(C(=O)COc1ccc(C(N)=O)cc1)c1ccc(F)cc1. The van der Waals surface area contributed by atoms with Crippen LogP contribution in [0.2, 0.25) is 0 Å². The maximum absolute atomic E-state index is 12.8. The van der Waals surface area contributed by atoms with Crippen LogP contribution in [-0.4, -0.2) is 25.5 Å². The molecule has 0 aliphatic rings. The molecular formula is C16H15FN2O3. The average molecular weight is 302 g/mol. The number of nitrogens with two attached hydrogens (primary N) is 1. The van der Waals surface area contributed by atoms with Gasteiger partial charge in [-0.3, -0.25) is 9.59 Å². The molecule has 6 heteroatoms. The van der Waals surface area contributed by atoms with Crippen molar-refractivity contribution in [1.82, 2.24) is 0 Å². The third-order valence-corrected chi connectivity index (χ3v) is 3.09. The zero-order valence-corrected chi connectivity index (χ0v) is 12.0. The van der Waals surface area contributed by atoms with Gasteiger partial charge < -0.3 is 15.4 Å². The van der Waals surface area contributed by atoms with Crippen LogP contribution in [0.3, 0.4) is 0 Å². The predicted octanol–water partition coefficient (Wildman–Crippen LogP) is 1.97. The molecule has 0 radical (unpaired) electrons. The molecule has 114 valence electrons. The molecule has 0 bridgehead atoms. The lowest BCUT2D eigenvalue weighted by molar-refractivity contribution is -0.120. The molecule has 0 saturated carbocycles. The van der Waals surface area contributed by atoms with Gasteiger partial charge in [-0.1, -0.05) is 0 Å². The molecule has 2 aromatic rings. The number of amides is 2. The molecule has 0 aliphatic carbocycles. The lowest BCUT2D eigenvalue weighted by Crippen LogP contribution is -2.31. The summed E-state index contributed by atoms with van der Waals surface area (Å²) in [5, 5.41) is 0. The number of anilines is 1. The lowest BCUT2D eigenvalue weighted by Gasteiger charge is -2.17. The number of nitrogens with zero attached hydrogens (tertiary/aromatic N) is 1. The summed E-state index contributed by atoms with van der Waals surface area (Å²) < 4.78 is 18.2. The zero-order chi connectivity index (χ0) is 16.1. The Labute approximate surface area is 127 Å². The van der Waals surface area contributed by atoms with Crippen LogP contribution in [0.1, 0.15) is 10.4 Å². The van der Waals surface area contributed by atoms with Gasteiger partial charge in [0.15, 0.2) is 6.61 Å². The Bertz CT molecular complexity index is 669. The van der Waals surface area contributed by atoms with E-state index in [0.29, 0.717) is 17.0 Å². The first-order valence-electron chi connectivity index (χ1n) is 6.52. The number of benzene rings is 2. The van der Waals surface area contributed by atoms with Gasteiger partial charge in [-0.15, -0.1) is 0 Å². The molecule has 0 spiro atoms. The average Bonchev–Trinajstić information content (AvgIpc) is 2.53. The van der Waals surface area contributed by atoms with Crippen LogP contribution in [0.4, 0.5) is 10.1 Å². The van der Waals surface area contributed by atoms with Gasteiger partial charge in [-0.2, -0.15) is 0 Å². The summed E-state index contributed by atoms with van der Waals surface area (Å²) in [5.74, 6) is -0.731. The zero-order valence-electron chi connectivity index (χ0n) is 12.0. The Kier molecular flexibility index (Phi) is 4.73. The van der Waals surface area contributed by atoms with Crippen molar-refractivity contribution in [2.45, 2.75) is 0 Å². The smallest absolute Gasteiger partial charge is 0.264 e. The standard InChI is InChI=1S/C16H15FN2O3/c1-19(13-6-4-12(17)5-7-13)15(20)10-22-14-8-2-11(3-9-14)16(18)21/h2-9H,10H2,1H3,(H2,18,21). The largest absolute Gasteiger partial charge is 0.484 e. The molecule has 0 fully saturated rings. The van der Waals surface area contributed by atoms with Crippen molar-refractivity contribution in [1.29, 1.82) is 0 Å². The minimum absolute atomic E-state index is 0.177. The summed E-state index contributed by atoms with van der Waals surface area (Å²) in [6.45, 7) is -0.177. The second kappa shape index (κ2) is 6.71. The first kappa shape index (κ1) is 15.5. The highest BCUT2D eigenvalue weighted by molar-refractivity contribution is 5.94. The van der Waals surface area contributed by atoms with Gasteiger partial charge in [-0.05, 0) is 48.5 Å². The molecule has 2 rings (SSSR count). The number of hydrogen-bond donors (Lipinski definition) is 1. The Morgan fingerprint density at radius 2 is 1.68 bits per heavy atom. The van der Waals surface area contributed by atoms with Gasteiger partial charge in [0.1, 0.15) is 11.6 Å². The molecular weight excluding hydrogens is 287 g/mol. The second-order valence-corrected chi connectivity index (χ2v) is 4.61. The van der Waals surface area contributed by atoms with E-state index in [0.717, 1.165) is 0 Å². The Morgan fingerprint density at radius 1 is 1.09 bits per heavy atom. The van der Waals surface area contributed by atoms with E-state index in [2.05, 4.69) is 0 Å². The molecule has 22 heavy (non-hydrogen) atoms. The molecule has 0 aromatic heterocycles. The van der Waals surface area contributed by atoms with Crippen LogP contribution in [0.15, 0.2) is 48.5 Å². The maximum Gasteiger partial charge on any atom is 0.264 e. The van der Waals surface area contributed by atoms with Gasteiger partial charge in [0.2, 0.25) is 5.91 Å². The maximum atomic E-state index is 12.8. The Hall–Kier alpha value is -2.89. The van der Waals surface area contributed by atoms with Gasteiger partial charge >= 0.3 is 0 Å². The van der Waals surface area contributed by atoms with E-state index in [4.69, 9.17) is 10.5 Å². The summed E-state index contributed by atoms with van der Waals surface area (Å²) in [5.41, 5.74) is 6.07. The highest BCUT2D eigenvalue weighted by Crippen LogP contribution is 2.15. The van der Waals surface area contributed by atoms with E-state index in [1.807, 2.05) is 0 Å². The topological polar surface area (TPSA) is 72.6 Å². The van der Waals surface area contributed by atoms with E-state index in [1.165, 1.54) is 41.3 Å². The molecule has 0 atom stereocenters. The number of rotatable bonds is 5. The Morgan fingerprint density at radius 3 is 2.23 bits per heavy atom. The molecule has 2 N–H and O–H groups in total. The van der Waals surface area contributed by atoms with Crippen molar-refractivity contribution in [2.24, 2.45) is 5.73 Å². The van der Waals surface area contributed by atoms with Crippen molar-refractivity contribution in [3.05, 3.63) is 59.9 Å². The van der Waals surface area contributed by atoms with Crippen molar-refractivity contribution < 1.29 is 18.7 Å². The Balaban J connectivity index is 1.94. The number of carbonyl (C=O) groups excluding carboxylic acids is 2. The molecule has 5 nitrogen and oxygen atoms in total. The fraction of sp³-hybridized carbons (Fsp3) is 0.125. The van der Waals surface area contributed by atoms with E-state index >= 15 is 0 Å². The summed E-state index contributed by atoms with van der Waals surface area (Å²) in [6, 6.07) is 11.7. The quantitative estimate of drug-likeness (QED) is 0.917. The number of carbonyl (C=O) groups is 2. The van der Waals surface area contributed by atoms with Crippen molar-refractivity contribution in [3.63, 3.8) is 0 Å². The number of hydrogen-bond acceptors (Lipinski definition) is 3. The van der Waals surface area contributed by atoms with Crippen molar-refractivity contribution in [2.75, 3.05) is 18.6 Å². The highest BCUT2D eigenvalue weighted by Gasteiger charge is 2.12. The summed E-state index contributed by atoms with van der Waals surface area (Å²) in [6.07, 6.45) is 0. The summed E-state index contributed by atoms with van der Waals surface area (Å²) in [4.78, 5) is 24.3. The van der Waals surface area contributed by atoms with Crippen LogP contribution in [0.25, 0.3) is 0 Å². The fourth-order valence-electron chi connectivity index (χ4n) is 1.77. The molecule has 0 heterocycles. The number of likely N-dealkylation sites (N-methyl/N-ethyl adjacent to an activating group) is 1. The van der Waals surface area contributed by atoms with Gasteiger partial charge in [0.05, 0.1) is 0 Å². The first-order chi connectivity index (χ1) is 10.5. The van der Waals surface area contributed by atoms with Crippen LogP contribution in [0, 0.1) is 5.82 Å². The highest BCUT2D eigenvalue weighted by atomic mass is 19.1. The summed E-state index contributed by atoms with van der Waals surface area (Å²) in [7, 11) is 1.58. The van der Waals surface area contributed by atoms with Crippen molar-refractivity contribution >= 4 is 17.5 Å². The van der Waals surface area contributed by atoms with E-state index < -0.39 is 5.91 Å². The molecule has 0 unspecified atom stereocenters. The first-order valence-corrected chi connectivity index (χ1v) is 6.52. The van der Waals surface area contributed by atoms with Gasteiger partial charge in [0, 0.05) is 18.3 Å². The van der Waals surface area contributed by atoms with Crippen LogP contribution < -0.4 is 15.4 Å². The fourth-order valence-corrected chi connectivity index (χ4v) is 1.77. The minimum Gasteiger partial charge on any atom is -0.484 e. The number of primary amides is 1. The predicted molar refractivity (Wildman–Crippen MR) is 80.3 cm³/mol. The molecule has 0 saturated heterocycles. The second-order valence-electron chi connectivity index (χ2n) is 4.61. The van der Waals surface area contributed by atoms with E-state index in [-0.39, 0.29) is 18.3 Å². The van der Waals surface area contributed by atoms with Crippen LogP contribution in [0.5, 0.6) is 5.75 Å². The van der Waals surface area contributed by atoms with Gasteiger partial charge in [0.25, 0.3) is 5.91 Å². The number of halogens is 1. The third kappa shape index (κ3) is 3.82. The summed E-state index contributed by atoms with van der Waals surface area (Å²) >= 11 is 0. The molecule has 2 amide bonds. The normalized spacial score (nSPS) is 10.1. The molecule has 0 aliphatic heterocycles. The van der Waals surface area contributed by atoms with E-state index in [1.54, 1.807) is 19.2 Å². The lowest BCUT2D eigenvalue weighted by atomic mass is 10.2. The van der Waals surface area contributed by atoms with E-state index in [9.17, 15) is 14.0 Å². The molecule has 2 aromatic carbocycles. The van der Waals surface area contributed by atoms with Crippen LogP contribution >= 0.6 is 0 Å². The van der Waals surface area contributed by atoms with Crippen LogP contribution in [-0.2, 0) is 4.79 Å².